The number of thioether (sulfide) groups is 1. The molecule has 0 rings (SSSR count). The van der Waals surface area contributed by atoms with Crippen molar-refractivity contribution < 1.29 is 34.2 Å². The van der Waals surface area contributed by atoms with Gasteiger partial charge in [0.05, 0.1) is 12.6 Å². The van der Waals surface area contributed by atoms with E-state index in [1.54, 1.807) is 0 Å². The molecule has 0 spiro atoms. The molecule has 0 saturated carbocycles. The quantitative estimate of drug-likeness (QED) is 0.0584. The molecule has 3 unspecified atom stereocenters. The van der Waals surface area contributed by atoms with Gasteiger partial charge in [0.15, 0.2) is 5.96 Å². The summed E-state index contributed by atoms with van der Waals surface area (Å²) in [5.74, 6) is -4.15. The number of aliphatic imine (C=N–C) groups is 1. The van der Waals surface area contributed by atoms with Crippen molar-refractivity contribution in [1.29, 1.82) is 0 Å². The number of carbonyl (C=O) groups excluding carboxylic acids is 3. The van der Waals surface area contributed by atoms with Crippen molar-refractivity contribution in [3.63, 3.8) is 0 Å². The molecule has 3 atom stereocenters. The van der Waals surface area contributed by atoms with Gasteiger partial charge in [0.25, 0.3) is 0 Å². The Hall–Kier alpha value is -3.07. The largest absolute Gasteiger partial charge is 0.481 e. The first-order valence-electron chi connectivity index (χ1n) is 10.1. The van der Waals surface area contributed by atoms with Crippen molar-refractivity contribution in [3.05, 3.63) is 0 Å². The van der Waals surface area contributed by atoms with Gasteiger partial charge in [-0.2, -0.15) is 11.8 Å². The van der Waals surface area contributed by atoms with Gasteiger partial charge < -0.3 is 43.4 Å². The minimum Gasteiger partial charge on any atom is -0.481 e. The zero-order valence-electron chi connectivity index (χ0n) is 18.4. The van der Waals surface area contributed by atoms with E-state index >= 15 is 0 Å². The number of hydrogen-bond donors (Lipinski definition) is 8. The van der Waals surface area contributed by atoms with Crippen LogP contribution in [0, 0.1) is 0 Å². The number of aliphatic carboxylic acids is 2. The van der Waals surface area contributed by atoms with Gasteiger partial charge in [0.2, 0.25) is 17.7 Å². The molecule has 15 heteroatoms. The maximum atomic E-state index is 12.4. The summed E-state index contributed by atoms with van der Waals surface area (Å²) >= 11 is 1.49. The topological polar surface area (TPSA) is 252 Å². The molecule has 14 nitrogen and oxygen atoms in total. The Bertz CT molecular complexity index is 716. The number of carboxylic acids is 2. The molecule has 0 fully saturated rings. The smallest absolute Gasteiger partial charge is 0.326 e. The second kappa shape index (κ2) is 16.5. The van der Waals surface area contributed by atoms with E-state index in [0.29, 0.717) is 18.6 Å². The molecular formula is C18H33N7O7S. The molecule has 0 aliphatic carbocycles. The predicted molar refractivity (Wildman–Crippen MR) is 122 cm³/mol. The van der Waals surface area contributed by atoms with Crippen LogP contribution < -0.4 is 33.2 Å². The van der Waals surface area contributed by atoms with E-state index in [-0.39, 0.29) is 25.3 Å². The summed E-state index contributed by atoms with van der Waals surface area (Å²) in [5.41, 5.74) is 16.1. The number of amides is 3. The van der Waals surface area contributed by atoms with Gasteiger partial charge in [-0.3, -0.25) is 24.2 Å². The standard InChI is InChI=1S/C18H33N7O7S/c1-33-8-6-10(19)15(29)25-11(4-5-14(27)28)16(30)23-9-13(26)24-12(17(31)32)3-2-7-22-18(20)21/h10-12H,2-9,19H2,1H3,(H,23,30)(H,24,26)(H,25,29)(H,27,28)(H,31,32)(H4,20,21,22). The first kappa shape index (κ1) is 29.9. The van der Waals surface area contributed by atoms with Gasteiger partial charge >= 0.3 is 11.9 Å². The Morgan fingerprint density at radius 1 is 0.970 bits per heavy atom. The summed E-state index contributed by atoms with van der Waals surface area (Å²) in [5, 5.41) is 25.0. The van der Waals surface area contributed by atoms with Crippen LogP contribution in [0.5, 0.6) is 0 Å². The van der Waals surface area contributed by atoms with Crippen LogP contribution in [0.2, 0.25) is 0 Å². The molecule has 0 aromatic rings. The van der Waals surface area contributed by atoms with Crippen molar-refractivity contribution in [1.82, 2.24) is 16.0 Å². The minimum absolute atomic E-state index is 0.0526. The number of nitrogens with two attached hydrogens (primary N) is 3. The summed E-state index contributed by atoms with van der Waals surface area (Å²) < 4.78 is 0. The van der Waals surface area contributed by atoms with Crippen LogP contribution >= 0.6 is 11.8 Å². The molecule has 0 bridgehead atoms. The van der Waals surface area contributed by atoms with Gasteiger partial charge in [-0.05, 0) is 37.7 Å². The molecule has 0 aliphatic rings. The molecule has 0 aromatic heterocycles. The van der Waals surface area contributed by atoms with Gasteiger partial charge in [0.1, 0.15) is 12.1 Å². The second-order valence-corrected chi connectivity index (χ2v) is 7.99. The van der Waals surface area contributed by atoms with E-state index in [1.807, 2.05) is 6.26 Å². The number of carboxylic acid groups (broad SMARTS) is 2. The molecule has 188 valence electrons. The summed E-state index contributed by atoms with van der Waals surface area (Å²) in [4.78, 5) is 62.6. The van der Waals surface area contributed by atoms with E-state index in [0.717, 1.165) is 0 Å². The lowest BCUT2D eigenvalue weighted by Gasteiger charge is -2.20. The summed E-state index contributed by atoms with van der Waals surface area (Å²) in [6.07, 6.45) is 1.94. The lowest BCUT2D eigenvalue weighted by Crippen LogP contribution is -2.53. The van der Waals surface area contributed by atoms with Gasteiger partial charge in [-0.1, -0.05) is 0 Å². The van der Waals surface area contributed by atoms with Crippen LogP contribution in [0.15, 0.2) is 4.99 Å². The average molecular weight is 492 g/mol. The Kier molecular flexibility index (Phi) is 15.0. The van der Waals surface area contributed by atoms with Crippen LogP contribution in [0.4, 0.5) is 0 Å². The summed E-state index contributed by atoms with van der Waals surface area (Å²) in [6.45, 7) is -0.392. The second-order valence-electron chi connectivity index (χ2n) is 7.01. The normalized spacial score (nSPS) is 13.2. The van der Waals surface area contributed by atoms with Gasteiger partial charge in [0, 0.05) is 13.0 Å². The van der Waals surface area contributed by atoms with E-state index in [9.17, 15) is 29.1 Å². The van der Waals surface area contributed by atoms with Crippen molar-refractivity contribution >= 4 is 47.4 Å². The SMILES string of the molecule is CSCCC(N)C(=O)NC(CCC(=O)O)C(=O)NCC(=O)NC(CCCN=C(N)N)C(=O)O. The third-order valence-electron chi connectivity index (χ3n) is 4.25. The number of nitrogens with zero attached hydrogens (tertiary/aromatic N) is 1. The minimum atomic E-state index is -1.27. The molecule has 0 heterocycles. The van der Waals surface area contributed by atoms with Crippen LogP contribution in [-0.4, -0.2) is 89.1 Å². The summed E-state index contributed by atoms with van der Waals surface area (Å²) in [7, 11) is 0. The molecule has 3 amide bonds. The highest BCUT2D eigenvalue weighted by atomic mass is 32.2. The number of carbonyl (C=O) groups is 5. The van der Waals surface area contributed by atoms with Crippen LogP contribution in [0.3, 0.4) is 0 Å². The van der Waals surface area contributed by atoms with Gasteiger partial charge in [-0.25, -0.2) is 4.79 Å². The van der Waals surface area contributed by atoms with Crippen molar-refractivity contribution in [2.45, 2.75) is 50.2 Å². The maximum absolute atomic E-state index is 12.4. The monoisotopic (exact) mass is 491 g/mol. The Morgan fingerprint density at radius 3 is 2.18 bits per heavy atom. The zero-order valence-corrected chi connectivity index (χ0v) is 19.2. The highest BCUT2D eigenvalue weighted by Gasteiger charge is 2.25. The van der Waals surface area contributed by atoms with Gasteiger partial charge in [-0.15, -0.1) is 0 Å². The lowest BCUT2D eigenvalue weighted by atomic mass is 10.1. The Labute approximate surface area is 195 Å². The lowest BCUT2D eigenvalue weighted by molar-refractivity contribution is -0.142. The summed E-state index contributed by atoms with van der Waals surface area (Å²) in [6, 6.07) is -3.33. The highest BCUT2D eigenvalue weighted by Crippen LogP contribution is 2.03. The third kappa shape index (κ3) is 14.6. The number of nitrogens with one attached hydrogen (secondary N) is 3. The van der Waals surface area contributed by atoms with Crippen molar-refractivity contribution in [3.8, 4) is 0 Å². The van der Waals surface area contributed by atoms with Crippen LogP contribution in [-0.2, 0) is 24.0 Å². The molecule has 0 radical (unpaired) electrons. The van der Waals surface area contributed by atoms with Crippen molar-refractivity contribution in [2.24, 2.45) is 22.2 Å². The fourth-order valence-corrected chi connectivity index (χ4v) is 2.98. The fraction of sp³-hybridized carbons (Fsp3) is 0.667. The number of hydrogen-bond acceptors (Lipinski definition) is 8. The van der Waals surface area contributed by atoms with E-state index in [4.69, 9.17) is 22.3 Å². The molecular weight excluding hydrogens is 458 g/mol. The van der Waals surface area contributed by atoms with Crippen molar-refractivity contribution in [2.75, 3.05) is 25.1 Å². The maximum Gasteiger partial charge on any atom is 0.326 e. The van der Waals surface area contributed by atoms with Crippen LogP contribution in [0.1, 0.15) is 32.1 Å². The number of rotatable bonds is 17. The first-order valence-corrected chi connectivity index (χ1v) is 11.5. The Balaban J connectivity index is 4.83. The van der Waals surface area contributed by atoms with E-state index < -0.39 is 60.8 Å². The predicted octanol–water partition coefficient (Wildman–Crippen LogP) is -2.84. The third-order valence-corrected chi connectivity index (χ3v) is 4.90. The molecule has 0 aromatic carbocycles. The van der Waals surface area contributed by atoms with E-state index in [1.165, 1.54) is 11.8 Å². The average Bonchev–Trinajstić information content (AvgIpc) is 2.74. The molecule has 0 saturated heterocycles. The van der Waals surface area contributed by atoms with Crippen LogP contribution in [0.25, 0.3) is 0 Å². The fourth-order valence-electron chi connectivity index (χ4n) is 2.49. The zero-order chi connectivity index (χ0) is 25.4. The molecule has 33 heavy (non-hydrogen) atoms. The molecule has 11 N–H and O–H groups in total. The Morgan fingerprint density at radius 2 is 1.64 bits per heavy atom. The highest BCUT2D eigenvalue weighted by molar-refractivity contribution is 7.98. The van der Waals surface area contributed by atoms with E-state index in [2.05, 4.69) is 20.9 Å². The number of guanidine groups is 1. The first-order chi connectivity index (χ1) is 15.5. The molecule has 0 aliphatic heterocycles.